The molecule has 0 aliphatic carbocycles. The van der Waals surface area contributed by atoms with Crippen molar-refractivity contribution in [3.63, 3.8) is 0 Å². The Morgan fingerprint density at radius 2 is 1.09 bits per heavy atom. The average molecular weight is 379 g/mol. The van der Waals surface area contributed by atoms with Crippen molar-refractivity contribution in [3.8, 4) is 0 Å². The molecule has 0 aromatic heterocycles. The molecule has 0 bridgehead atoms. The van der Waals surface area contributed by atoms with Crippen molar-refractivity contribution < 1.29 is 39.9 Å². The Morgan fingerprint density at radius 1 is 1.00 bits per heavy atom. The van der Waals surface area contributed by atoms with Crippen LogP contribution in [0.15, 0.2) is 0 Å². The van der Waals surface area contributed by atoms with Gasteiger partial charge in [0, 0.05) is 0 Å². The zero-order chi connectivity index (χ0) is 8.57. The monoisotopic (exact) mass is 379 g/mol. The summed E-state index contributed by atoms with van der Waals surface area (Å²) in [6, 6.07) is 0. The minimum Gasteiger partial charge on any atom is -0.549 e. The van der Waals surface area contributed by atoms with Gasteiger partial charge in [-0.15, -0.1) is 23.2 Å². The van der Waals surface area contributed by atoms with Crippen LogP contribution in [0.1, 0.15) is 0 Å². The SMILES string of the molecule is O=C([O-])CCl.O=C([O-])CCl.[Ir+2]. The third-order valence-corrected chi connectivity index (χ3v) is 0.655. The van der Waals surface area contributed by atoms with Gasteiger partial charge in [0.25, 0.3) is 0 Å². The summed E-state index contributed by atoms with van der Waals surface area (Å²) < 4.78 is 0. The van der Waals surface area contributed by atoms with Gasteiger partial charge in [0.2, 0.25) is 0 Å². The minimum atomic E-state index is -1.23. The van der Waals surface area contributed by atoms with Crippen LogP contribution >= 0.6 is 23.2 Å². The number of carboxylic acid groups (broad SMARTS) is 2. The van der Waals surface area contributed by atoms with Crippen LogP contribution in [-0.4, -0.2) is 23.7 Å². The number of rotatable bonds is 2. The molecule has 0 N–H and O–H groups in total. The maximum atomic E-state index is 9.12. The van der Waals surface area contributed by atoms with Crippen molar-refractivity contribution in [3.05, 3.63) is 0 Å². The van der Waals surface area contributed by atoms with E-state index in [1.165, 1.54) is 0 Å². The van der Waals surface area contributed by atoms with E-state index in [1.807, 2.05) is 0 Å². The van der Waals surface area contributed by atoms with Gasteiger partial charge < -0.3 is 19.8 Å². The van der Waals surface area contributed by atoms with E-state index in [2.05, 4.69) is 23.2 Å². The molecule has 0 atom stereocenters. The first-order chi connectivity index (χ1) is 4.54. The maximum Gasteiger partial charge on any atom is 2.00 e. The molecule has 1 radical (unpaired) electrons. The van der Waals surface area contributed by atoms with Gasteiger partial charge in [0.15, 0.2) is 0 Å². The molecule has 0 fully saturated rings. The molecule has 4 nitrogen and oxygen atoms in total. The van der Waals surface area contributed by atoms with Gasteiger partial charge in [-0.2, -0.15) is 0 Å². The molecule has 11 heavy (non-hydrogen) atoms. The van der Waals surface area contributed by atoms with Gasteiger partial charge >= 0.3 is 20.1 Å². The normalized spacial score (nSPS) is 6.73. The molecule has 0 aromatic rings. The quantitative estimate of drug-likeness (QED) is 0.518. The molecule has 0 unspecified atom stereocenters. The molecule has 0 spiro atoms. The van der Waals surface area contributed by atoms with Crippen molar-refractivity contribution >= 4 is 35.1 Å². The molecule has 0 heterocycles. The van der Waals surface area contributed by atoms with E-state index in [-0.39, 0.29) is 20.1 Å². The topological polar surface area (TPSA) is 80.3 Å². The third-order valence-electron chi connectivity index (χ3n) is 0.218. The summed E-state index contributed by atoms with van der Waals surface area (Å²) in [5.41, 5.74) is 0. The van der Waals surface area contributed by atoms with Gasteiger partial charge in [-0.1, -0.05) is 0 Å². The number of halogens is 2. The first-order valence-electron chi connectivity index (χ1n) is 2.06. The van der Waals surface area contributed by atoms with Gasteiger partial charge in [-0.25, -0.2) is 0 Å². The summed E-state index contributed by atoms with van der Waals surface area (Å²) in [4.78, 5) is 18.2. The summed E-state index contributed by atoms with van der Waals surface area (Å²) in [6.45, 7) is 0. The fraction of sp³-hybridized carbons (Fsp3) is 0.500. The van der Waals surface area contributed by atoms with Crippen molar-refractivity contribution in [2.45, 2.75) is 0 Å². The Hall–Kier alpha value is 0.169. The smallest absolute Gasteiger partial charge is 0.549 e. The van der Waals surface area contributed by atoms with Crippen molar-refractivity contribution in [2.24, 2.45) is 0 Å². The van der Waals surface area contributed by atoms with Crippen molar-refractivity contribution in [1.82, 2.24) is 0 Å². The summed E-state index contributed by atoms with van der Waals surface area (Å²) >= 11 is 9.35. The van der Waals surface area contributed by atoms with Gasteiger partial charge in [0.1, 0.15) is 0 Å². The van der Waals surface area contributed by atoms with Crippen LogP contribution in [0.4, 0.5) is 0 Å². The maximum absolute atomic E-state index is 9.12. The zero-order valence-electron chi connectivity index (χ0n) is 5.14. The van der Waals surface area contributed by atoms with E-state index in [9.17, 15) is 0 Å². The standard InChI is InChI=1S/2C2H3ClO2.Ir/c2*3-1-2(4)5;/h2*1H2,(H,4,5);/q;;+2/p-2. The van der Waals surface area contributed by atoms with E-state index < -0.39 is 23.7 Å². The third kappa shape index (κ3) is 39.0. The molecule has 0 aromatic carbocycles. The van der Waals surface area contributed by atoms with E-state index in [1.54, 1.807) is 0 Å². The molecule has 0 amide bonds. The summed E-state index contributed by atoms with van der Waals surface area (Å²) in [6.07, 6.45) is 0. The minimum absolute atomic E-state index is 0. The summed E-state index contributed by atoms with van der Waals surface area (Å²) in [5.74, 6) is -3.29. The van der Waals surface area contributed by atoms with Crippen molar-refractivity contribution in [1.29, 1.82) is 0 Å². The Kier molecular flexibility index (Phi) is 20.2. The van der Waals surface area contributed by atoms with E-state index in [4.69, 9.17) is 19.8 Å². The molecule has 0 saturated carbocycles. The number of carbonyl (C=O) groups excluding carboxylic acids is 2. The predicted octanol–water partition coefficient (Wildman–Crippen LogP) is -2.05. The second-order valence-electron chi connectivity index (χ2n) is 1.01. The number of aliphatic carboxylic acids is 2. The van der Waals surface area contributed by atoms with Gasteiger partial charge in [-0.3, -0.25) is 0 Å². The molecule has 0 aliphatic heterocycles. The van der Waals surface area contributed by atoms with Gasteiger partial charge in [-0.05, 0) is 0 Å². The van der Waals surface area contributed by atoms with Crippen LogP contribution in [0, 0.1) is 0 Å². The Balaban J connectivity index is -0.000000107. The number of hydrogen-bond acceptors (Lipinski definition) is 4. The van der Waals surface area contributed by atoms with Gasteiger partial charge in [0.05, 0.1) is 23.7 Å². The van der Waals surface area contributed by atoms with Crippen LogP contribution < -0.4 is 10.2 Å². The van der Waals surface area contributed by atoms with Crippen LogP contribution in [-0.2, 0) is 29.7 Å². The zero-order valence-corrected chi connectivity index (χ0v) is 9.04. The average Bonchev–Trinajstić information content (AvgIpc) is 1.89. The first kappa shape index (κ1) is 17.3. The number of alkyl halides is 2. The molecule has 0 aliphatic rings. The largest absolute Gasteiger partial charge is 2.00 e. The number of hydrogen-bond donors (Lipinski definition) is 0. The molecular formula is C4H4Cl2IrO4. The van der Waals surface area contributed by atoms with E-state index in [0.717, 1.165) is 0 Å². The number of carboxylic acids is 2. The van der Waals surface area contributed by atoms with Crippen LogP contribution in [0.3, 0.4) is 0 Å². The van der Waals surface area contributed by atoms with E-state index in [0.29, 0.717) is 0 Å². The predicted molar refractivity (Wildman–Crippen MR) is 31.5 cm³/mol. The molecule has 0 saturated heterocycles. The second kappa shape index (κ2) is 12.8. The van der Waals surface area contributed by atoms with Crippen LogP contribution in [0.2, 0.25) is 0 Å². The second-order valence-corrected chi connectivity index (χ2v) is 1.55. The molecule has 7 heteroatoms. The fourth-order valence-corrected chi connectivity index (χ4v) is 0. The van der Waals surface area contributed by atoms with Crippen molar-refractivity contribution in [2.75, 3.05) is 11.8 Å². The van der Waals surface area contributed by atoms with E-state index >= 15 is 0 Å². The van der Waals surface area contributed by atoms with Crippen LogP contribution in [0.25, 0.3) is 0 Å². The Bertz CT molecular complexity index is 105. The number of carbonyl (C=O) groups is 2. The Labute approximate surface area is 86.8 Å². The Morgan fingerprint density at radius 3 is 1.09 bits per heavy atom. The molecular weight excluding hydrogens is 375 g/mol. The summed E-state index contributed by atoms with van der Waals surface area (Å²) in [7, 11) is 0. The molecule has 67 valence electrons. The first-order valence-corrected chi connectivity index (χ1v) is 3.13. The fourth-order valence-electron chi connectivity index (χ4n) is 0. The summed E-state index contributed by atoms with van der Waals surface area (Å²) in [5, 5.41) is 18.2. The van der Waals surface area contributed by atoms with Crippen LogP contribution in [0.5, 0.6) is 0 Å². The molecule has 0 rings (SSSR count).